The highest BCUT2D eigenvalue weighted by atomic mass is 15.2. The lowest BCUT2D eigenvalue weighted by Gasteiger charge is -2.19. The number of nitrogens with zero attached hydrogens (tertiary/aromatic N) is 4. The number of para-hydroxylation sites is 1. The minimum absolute atomic E-state index is 0.794. The van der Waals surface area contributed by atoms with Gasteiger partial charge in [-0.05, 0) is 36.8 Å². The Balaban J connectivity index is 1.63. The van der Waals surface area contributed by atoms with E-state index in [9.17, 15) is 0 Å². The van der Waals surface area contributed by atoms with Crippen LogP contribution in [0.15, 0.2) is 66.1 Å². The molecule has 0 fully saturated rings. The number of nitrogens with one attached hydrogen (secondary N) is 1. The minimum atomic E-state index is 0.794. The van der Waals surface area contributed by atoms with Gasteiger partial charge in [-0.3, -0.25) is 4.98 Å². The zero-order chi connectivity index (χ0) is 16.4. The Morgan fingerprint density at radius 1 is 1.12 bits per heavy atom. The van der Waals surface area contributed by atoms with E-state index in [1.165, 1.54) is 10.9 Å². The van der Waals surface area contributed by atoms with Gasteiger partial charge in [0.25, 0.3) is 0 Å². The van der Waals surface area contributed by atoms with Crippen molar-refractivity contribution in [3.8, 4) is 0 Å². The van der Waals surface area contributed by atoms with Crippen LogP contribution in [0, 0.1) is 6.92 Å². The topological polar surface area (TPSA) is 53.4 Å². The van der Waals surface area contributed by atoms with Gasteiger partial charge < -0.3 is 10.2 Å². The number of rotatable bonds is 3. The van der Waals surface area contributed by atoms with Crippen molar-refractivity contribution in [2.45, 2.75) is 6.92 Å². The van der Waals surface area contributed by atoms with Gasteiger partial charge in [0, 0.05) is 18.1 Å². The van der Waals surface area contributed by atoms with Crippen LogP contribution in [-0.4, -0.2) is 22.9 Å². The van der Waals surface area contributed by atoms with Crippen LogP contribution in [0.25, 0.3) is 10.9 Å². The molecule has 0 bridgehead atoms. The number of aryl methyl sites for hydroxylation is 1. The van der Waals surface area contributed by atoms with E-state index in [2.05, 4.69) is 39.3 Å². The highest BCUT2D eigenvalue weighted by Gasteiger charge is 2.07. The summed E-state index contributed by atoms with van der Waals surface area (Å²) in [5, 5.41) is 4.53. The molecule has 2 aromatic heterocycles. The minimum Gasteiger partial charge on any atom is -0.339 e. The van der Waals surface area contributed by atoms with Crippen LogP contribution >= 0.6 is 0 Å². The fourth-order valence-electron chi connectivity index (χ4n) is 2.77. The van der Waals surface area contributed by atoms with Gasteiger partial charge in [0.15, 0.2) is 0 Å². The van der Waals surface area contributed by atoms with Crippen molar-refractivity contribution in [1.29, 1.82) is 0 Å². The maximum atomic E-state index is 4.68. The van der Waals surface area contributed by atoms with Crippen LogP contribution in [0.1, 0.15) is 5.56 Å². The van der Waals surface area contributed by atoms with Crippen LogP contribution in [0.5, 0.6) is 0 Å². The summed E-state index contributed by atoms with van der Waals surface area (Å²) in [7, 11) is 0. The third-order valence-corrected chi connectivity index (χ3v) is 3.95. The molecule has 5 heteroatoms. The third kappa shape index (κ3) is 2.84. The molecule has 1 N–H and O–H groups in total. The molecule has 0 saturated heterocycles. The molecule has 5 nitrogen and oxygen atoms in total. The number of pyridine rings is 2. The summed E-state index contributed by atoms with van der Waals surface area (Å²) in [5.74, 6) is 0.817. The fraction of sp³-hybridized carbons (Fsp3) is 0.105. The Morgan fingerprint density at radius 2 is 2.04 bits per heavy atom. The van der Waals surface area contributed by atoms with Gasteiger partial charge in [-0.15, -0.1) is 0 Å². The van der Waals surface area contributed by atoms with Crippen LogP contribution in [0.4, 0.5) is 17.2 Å². The monoisotopic (exact) mass is 315 g/mol. The number of hydrogen-bond donors (Lipinski definition) is 1. The van der Waals surface area contributed by atoms with Crippen molar-refractivity contribution in [1.82, 2.24) is 9.97 Å². The average Bonchev–Trinajstić information content (AvgIpc) is 2.63. The molecule has 0 aliphatic carbocycles. The van der Waals surface area contributed by atoms with Gasteiger partial charge in [-0.25, -0.2) is 9.98 Å². The van der Waals surface area contributed by atoms with Crippen LogP contribution in [-0.2, 0) is 0 Å². The first-order valence-corrected chi connectivity index (χ1v) is 7.83. The molecule has 4 rings (SSSR count). The van der Waals surface area contributed by atoms with Crippen molar-refractivity contribution in [3.63, 3.8) is 0 Å². The van der Waals surface area contributed by atoms with E-state index in [1.54, 1.807) is 18.7 Å². The normalized spacial score (nSPS) is 13.5. The van der Waals surface area contributed by atoms with Crippen molar-refractivity contribution in [2.24, 2.45) is 4.99 Å². The molecule has 24 heavy (non-hydrogen) atoms. The average molecular weight is 315 g/mol. The van der Waals surface area contributed by atoms with E-state index in [0.717, 1.165) is 29.3 Å². The number of benzene rings is 1. The quantitative estimate of drug-likeness (QED) is 0.792. The van der Waals surface area contributed by atoms with Crippen molar-refractivity contribution in [3.05, 3.63) is 66.6 Å². The van der Waals surface area contributed by atoms with Gasteiger partial charge in [-0.1, -0.05) is 18.2 Å². The molecule has 0 saturated carbocycles. The number of anilines is 3. The zero-order valence-corrected chi connectivity index (χ0v) is 13.3. The Kier molecular flexibility index (Phi) is 3.67. The Bertz CT molecular complexity index is 945. The molecule has 1 aliphatic rings. The second-order valence-electron chi connectivity index (χ2n) is 5.70. The lowest BCUT2D eigenvalue weighted by Crippen LogP contribution is -2.22. The smallest absolute Gasteiger partial charge is 0.131 e. The van der Waals surface area contributed by atoms with Crippen molar-refractivity contribution in [2.75, 3.05) is 16.8 Å². The van der Waals surface area contributed by atoms with E-state index < -0.39 is 0 Å². The summed E-state index contributed by atoms with van der Waals surface area (Å²) >= 11 is 0. The van der Waals surface area contributed by atoms with Gasteiger partial charge in [0.1, 0.15) is 5.82 Å². The van der Waals surface area contributed by atoms with Gasteiger partial charge in [0.2, 0.25) is 0 Å². The van der Waals surface area contributed by atoms with Crippen molar-refractivity contribution < 1.29 is 0 Å². The van der Waals surface area contributed by atoms with E-state index >= 15 is 0 Å². The Labute approximate surface area is 140 Å². The predicted octanol–water partition coefficient (Wildman–Crippen LogP) is 4.04. The zero-order valence-electron chi connectivity index (χ0n) is 13.3. The molecule has 0 amide bonds. The first-order chi connectivity index (χ1) is 11.8. The molecule has 0 spiro atoms. The lowest BCUT2D eigenvalue weighted by molar-refractivity contribution is 1.11. The maximum Gasteiger partial charge on any atom is 0.131 e. The standard InChI is InChI=1S/C19H17N5/c1-14-9-19(23-18-6-3-2-5-17(14)18)22-15-10-16(12-21-11-15)24-8-4-7-20-13-24/h2-7,9-13H,8H2,1H3,(H,22,23). The highest BCUT2D eigenvalue weighted by Crippen LogP contribution is 2.24. The number of aliphatic imine (C=N–C) groups is 1. The van der Waals surface area contributed by atoms with Gasteiger partial charge in [-0.2, -0.15) is 0 Å². The molecule has 118 valence electrons. The molecular weight excluding hydrogens is 298 g/mol. The fourth-order valence-corrected chi connectivity index (χ4v) is 2.77. The first kappa shape index (κ1) is 14.4. The molecule has 0 radical (unpaired) electrons. The number of hydrogen-bond acceptors (Lipinski definition) is 5. The highest BCUT2D eigenvalue weighted by molar-refractivity contribution is 5.85. The number of fused-ring (bicyclic) bond motifs is 1. The van der Waals surface area contributed by atoms with Gasteiger partial charge in [0.05, 0.1) is 35.6 Å². The second kappa shape index (κ2) is 6.12. The SMILES string of the molecule is Cc1cc(Nc2cncc(N3C=NC=CC3)c2)nc2ccccc12. The predicted molar refractivity (Wildman–Crippen MR) is 99.0 cm³/mol. The van der Waals surface area contributed by atoms with Crippen LogP contribution < -0.4 is 10.2 Å². The summed E-state index contributed by atoms with van der Waals surface area (Å²) in [6.45, 7) is 2.89. The maximum absolute atomic E-state index is 4.68. The van der Waals surface area contributed by atoms with E-state index in [1.807, 2.05) is 41.4 Å². The van der Waals surface area contributed by atoms with E-state index in [-0.39, 0.29) is 0 Å². The summed E-state index contributed by atoms with van der Waals surface area (Å²) in [5.41, 5.74) is 4.07. The third-order valence-electron chi connectivity index (χ3n) is 3.95. The van der Waals surface area contributed by atoms with Crippen LogP contribution in [0.3, 0.4) is 0 Å². The Morgan fingerprint density at radius 3 is 2.92 bits per heavy atom. The molecule has 0 atom stereocenters. The lowest BCUT2D eigenvalue weighted by atomic mass is 10.1. The summed E-state index contributed by atoms with van der Waals surface area (Å²) in [4.78, 5) is 15.2. The Hall–Kier alpha value is -3.21. The summed E-state index contributed by atoms with van der Waals surface area (Å²) < 4.78 is 0. The summed E-state index contributed by atoms with van der Waals surface area (Å²) in [6, 6.07) is 12.3. The largest absolute Gasteiger partial charge is 0.339 e. The van der Waals surface area contributed by atoms with Crippen molar-refractivity contribution >= 4 is 34.4 Å². The van der Waals surface area contributed by atoms with E-state index in [0.29, 0.717) is 0 Å². The van der Waals surface area contributed by atoms with Crippen LogP contribution in [0.2, 0.25) is 0 Å². The molecule has 1 aliphatic heterocycles. The summed E-state index contributed by atoms with van der Waals surface area (Å²) in [6.07, 6.45) is 9.24. The van der Waals surface area contributed by atoms with E-state index in [4.69, 9.17) is 0 Å². The molecular formula is C19H17N5. The molecule has 3 heterocycles. The first-order valence-electron chi connectivity index (χ1n) is 7.83. The molecule has 3 aromatic rings. The van der Waals surface area contributed by atoms with Gasteiger partial charge >= 0.3 is 0 Å². The molecule has 0 unspecified atom stereocenters. The molecule has 1 aromatic carbocycles. The number of aromatic nitrogens is 2. The second-order valence-corrected chi connectivity index (χ2v) is 5.70.